The van der Waals surface area contributed by atoms with E-state index in [1.807, 2.05) is 55.3 Å². The highest BCUT2D eigenvalue weighted by molar-refractivity contribution is 7.90. The van der Waals surface area contributed by atoms with Crippen LogP contribution in [0.5, 0.6) is 0 Å². The van der Waals surface area contributed by atoms with E-state index in [2.05, 4.69) is 74.2 Å². The fourth-order valence-electron chi connectivity index (χ4n) is 17.5. The predicted octanol–water partition coefficient (Wildman–Crippen LogP) is 8.78. The molecule has 6 heterocycles. The zero-order chi connectivity index (χ0) is 90.3. The molecule has 2 saturated heterocycles. The van der Waals surface area contributed by atoms with Crippen molar-refractivity contribution in [1.82, 2.24) is 77.6 Å². The first-order valence-corrected chi connectivity index (χ1v) is 48.3. The number of rotatable bonds is 20. The second-order valence-electron chi connectivity index (χ2n) is 33.8. The van der Waals surface area contributed by atoms with E-state index in [9.17, 15) is 72.0 Å². The molecule has 4 aromatic carbocycles. The van der Waals surface area contributed by atoms with Gasteiger partial charge in [-0.3, -0.25) is 47.7 Å². The van der Waals surface area contributed by atoms with Crippen LogP contribution < -0.4 is 40.2 Å². The first kappa shape index (κ1) is 90.2. The van der Waals surface area contributed by atoms with Gasteiger partial charge in [-0.25, -0.2) is 44.6 Å². The Morgan fingerprint density at radius 2 is 0.667 bits per heavy atom. The van der Waals surface area contributed by atoms with Gasteiger partial charge < -0.3 is 36.0 Å². The van der Waals surface area contributed by atoms with Crippen molar-refractivity contribution in [1.29, 1.82) is 0 Å². The summed E-state index contributed by atoms with van der Waals surface area (Å²) in [6, 6.07) is 14.0. The van der Waals surface area contributed by atoms with Crippen LogP contribution in [0.4, 0.5) is 41.9 Å². The van der Waals surface area contributed by atoms with Crippen LogP contribution in [0.3, 0.4) is 0 Å². The average Bonchev–Trinajstić information content (AvgIpc) is 1.62. The number of hydrogen-bond acceptors (Lipinski definition) is 20. The normalized spacial score (nSPS) is 15.6. The molecular weight excluding hydrogens is 1700 g/mol. The van der Waals surface area contributed by atoms with Gasteiger partial charge in [0.25, 0.3) is 70.4 Å². The van der Waals surface area contributed by atoms with Gasteiger partial charge in [0.15, 0.2) is 20.1 Å². The van der Waals surface area contributed by atoms with Crippen molar-refractivity contribution in [3.05, 3.63) is 173 Å². The summed E-state index contributed by atoms with van der Waals surface area (Å²) in [7, 11) is -7.93. The van der Waals surface area contributed by atoms with Crippen molar-refractivity contribution in [2.24, 2.45) is 28.2 Å². The Labute approximate surface area is 731 Å². The maximum atomic E-state index is 12.8. The Kier molecular flexibility index (Phi) is 26.1. The van der Waals surface area contributed by atoms with Crippen molar-refractivity contribution in [3.63, 3.8) is 0 Å². The zero-order valence-corrected chi connectivity index (χ0v) is 75.3. The highest BCUT2D eigenvalue weighted by atomic mass is 32.2. The summed E-state index contributed by atoms with van der Waals surface area (Å²) in [6.07, 6.45) is 21.0. The van der Waals surface area contributed by atoms with Gasteiger partial charge in [-0.2, -0.15) is 54.1 Å². The highest BCUT2D eigenvalue weighted by Gasteiger charge is 2.38. The molecule has 670 valence electrons. The third kappa shape index (κ3) is 19.2. The lowest BCUT2D eigenvalue weighted by atomic mass is 9.93. The number of aryl methyl sites for hydroxylation is 10. The lowest BCUT2D eigenvalue weighted by Gasteiger charge is -2.30. The van der Waals surface area contributed by atoms with Gasteiger partial charge in [0.1, 0.15) is 22.8 Å². The highest BCUT2D eigenvalue weighted by Crippen LogP contribution is 2.43. The molecule has 4 aromatic heterocycles. The maximum absolute atomic E-state index is 12.8. The average molecular weight is 1810 g/mol. The van der Waals surface area contributed by atoms with Crippen molar-refractivity contribution in [2.75, 3.05) is 68.2 Å². The van der Waals surface area contributed by atoms with Crippen LogP contribution >= 0.6 is 0 Å². The molecule has 0 spiro atoms. The van der Waals surface area contributed by atoms with Crippen LogP contribution in [-0.4, -0.2) is 193 Å². The number of carbonyl (C=O) groups is 8. The van der Waals surface area contributed by atoms with Crippen LogP contribution in [0, 0.1) is 6.57 Å². The van der Waals surface area contributed by atoms with E-state index in [4.69, 9.17) is 6.57 Å². The second-order valence-corrected chi connectivity index (χ2v) is 40.3. The molecule has 8 N–H and O–H groups in total. The number of anilines is 4. The number of hydrogen-bond donors (Lipinski definition) is 8. The summed E-state index contributed by atoms with van der Waals surface area (Å²) in [4.78, 5) is 110. The molecule has 12 amide bonds. The van der Waals surface area contributed by atoms with Gasteiger partial charge in [-0.15, -0.1) is 0 Å². The molecule has 1 saturated carbocycles. The predicted molar refractivity (Wildman–Crippen MR) is 466 cm³/mol. The van der Waals surface area contributed by atoms with Gasteiger partial charge in [-0.1, -0.05) is 64.1 Å². The van der Waals surface area contributed by atoms with Crippen LogP contribution in [-0.2, 0) is 145 Å². The standard InChI is InChI=1S/C22H27N5O4S.C21H24N6O4S.C21H25N5O4S.C21H29N5O4S/c1-26(15-9-10-15)21(28)18-12-19(24-27(18)2)32(30,31)25-22(29)23-20-16-7-3-5-13(16)11-14-6-4-8-17(14)20;1-22-12-26(2)20(28)17-11-18(24-27(17)3)32(30,31)25-21(29)23-19-15-8-4-6-13(15)10-14-7-5-9-16(14)19;1-25-17(20(27)26-9-4-10-26)12-18(23-25)31(29,30)24-21(28)22-19-15-7-2-5-13(15)11-14-6-3-8-16(14)19;1-13(2)15-8-6-9-16(14(3)4)19(15)22-21(28)24-31(29,30)18-12-17(25(5)23-18)20(27)26-10-7-11-26/h11-12,15H,3-10H2,1-2H3,(H2,23,25,29);10-11H,4-9,12H2,2-3H3,(H2,23,25,29);11-12H,2-10H2,1H3,(H2,22,24,28);6,8-9,12-14H,7,10-11H2,1-5H3,(H2,22,24,28). The quantitative estimate of drug-likeness (QED) is 0.0330. The number of amides is 12. The molecule has 9 aliphatic rings. The summed E-state index contributed by atoms with van der Waals surface area (Å²) in [5, 5.41) is 25.3. The largest absolute Gasteiger partial charge is 0.337 e. The van der Waals surface area contributed by atoms with Crippen molar-refractivity contribution in [2.45, 2.75) is 207 Å². The van der Waals surface area contributed by atoms with Gasteiger partial charge in [0.2, 0.25) is 0 Å². The lowest BCUT2D eigenvalue weighted by Crippen LogP contribution is -2.42. The molecule has 41 heteroatoms. The summed E-state index contributed by atoms with van der Waals surface area (Å²) in [5.41, 5.74) is 19.3. The molecule has 2 aliphatic heterocycles. The third-order valence-electron chi connectivity index (χ3n) is 24.4. The topological polar surface area (TPSA) is 458 Å². The molecule has 8 aromatic rings. The molecule has 37 nitrogen and oxygen atoms in total. The van der Waals surface area contributed by atoms with Crippen molar-refractivity contribution < 1.29 is 72.0 Å². The van der Waals surface area contributed by atoms with E-state index in [0.717, 1.165) is 218 Å². The number of nitrogens with one attached hydrogen (secondary N) is 8. The maximum Gasteiger partial charge on any atom is 0.333 e. The summed E-state index contributed by atoms with van der Waals surface area (Å²) in [6.45, 7) is 17.3. The number of carbonyl (C=O) groups excluding carboxylic acids is 8. The summed E-state index contributed by atoms with van der Waals surface area (Å²) < 4.78 is 115. The Bertz CT molecular complexity index is 6160. The minimum atomic E-state index is -4.31. The molecule has 0 atom stereocenters. The van der Waals surface area contributed by atoms with Crippen LogP contribution in [0.2, 0.25) is 0 Å². The lowest BCUT2D eigenvalue weighted by molar-refractivity contribution is 0.0633. The first-order valence-electron chi connectivity index (χ1n) is 42.4. The van der Waals surface area contributed by atoms with Gasteiger partial charge >= 0.3 is 24.1 Å². The fourth-order valence-corrected chi connectivity index (χ4v) is 21.1. The van der Waals surface area contributed by atoms with Crippen molar-refractivity contribution in [3.8, 4) is 0 Å². The van der Waals surface area contributed by atoms with E-state index < -0.39 is 75.2 Å². The summed E-state index contributed by atoms with van der Waals surface area (Å²) in [5.74, 6) is -1.10. The SMILES string of the molecule is CC(C)c1cccc(C(C)C)c1NC(=O)NS(=O)(=O)c1cc(C(=O)N2CCC2)n(C)n1.CN(C(=O)c1cc(S(=O)(=O)NC(=O)Nc2c3c(cc4c2CCC4)CCC3)nn1C)C1CC1.Cn1nc(S(=O)(=O)NC(=O)Nc2c3c(cc4c2CCC4)CCC3)cc1C(=O)N1CCC1.[C-]#[N+]CN(C)C(=O)c1cc(S(=O)(=O)NC(=O)Nc2c3c(cc4c2CCC4)CCC3)nn1C. The van der Waals surface area contributed by atoms with Gasteiger partial charge in [0.05, 0.1) is 0 Å². The zero-order valence-electron chi connectivity index (χ0n) is 72.1. The molecule has 17 rings (SSSR count). The monoisotopic (exact) mass is 1800 g/mol. The number of nitrogens with zero attached hydrogens (tertiary/aromatic N) is 13. The number of urea groups is 4. The molecule has 0 bridgehead atoms. The summed E-state index contributed by atoms with van der Waals surface area (Å²) >= 11 is 0. The Hall–Kier alpha value is -12.0. The Morgan fingerprint density at radius 3 is 0.929 bits per heavy atom. The molecule has 0 radical (unpaired) electrons. The smallest absolute Gasteiger partial charge is 0.333 e. The van der Waals surface area contributed by atoms with Crippen LogP contribution in [0.1, 0.15) is 224 Å². The van der Waals surface area contributed by atoms with Crippen LogP contribution in [0.25, 0.3) is 4.85 Å². The first-order chi connectivity index (χ1) is 59.8. The number of sulfonamides is 4. The molecule has 7 aliphatic carbocycles. The molecule has 126 heavy (non-hydrogen) atoms. The molecule has 0 unspecified atom stereocenters. The molecular formula is C85H105N21O16S4. The number of para-hydroxylation sites is 1. The Morgan fingerprint density at radius 1 is 0.397 bits per heavy atom. The van der Waals surface area contributed by atoms with E-state index in [1.54, 1.807) is 21.7 Å². The third-order valence-corrected chi connectivity index (χ3v) is 29.2. The minimum absolute atomic E-state index is 0.00404. The molecule has 3 fully saturated rings. The van der Waals surface area contributed by atoms with E-state index in [1.165, 1.54) is 101 Å². The minimum Gasteiger partial charge on any atom is -0.337 e. The number of aromatic nitrogens is 8. The second kappa shape index (κ2) is 36.5. The Balaban J connectivity index is 0.000000136. The number of likely N-dealkylation sites (tertiary alicyclic amines) is 2. The van der Waals surface area contributed by atoms with Crippen LogP contribution in [0.15, 0.2) is 80.8 Å². The van der Waals surface area contributed by atoms with E-state index >= 15 is 0 Å². The van der Waals surface area contributed by atoms with E-state index in [0.29, 0.717) is 31.9 Å². The number of benzene rings is 4. The van der Waals surface area contributed by atoms with E-state index in [-0.39, 0.29) is 80.1 Å². The van der Waals surface area contributed by atoms with Gasteiger partial charge in [-0.05, 0) is 231 Å². The van der Waals surface area contributed by atoms with Gasteiger partial charge in [0, 0.05) is 122 Å². The fraction of sp³-hybridized carbons (Fsp3) is 0.471. The van der Waals surface area contributed by atoms with Crippen molar-refractivity contribution >= 4 is 111 Å². The number of fused-ring (bicyclic) bond motifs is 6.